The van der Waals surface area contributed by atoms with Gasteiger partial charge in [0.15, 0.2) is 0 Å². The molecule has 1 saturated carbocycles. The van der Waals surface area contributed by atoms with Gasteiger partial charge in [-0.2, -0.15) is 0 Å². The van der Waals surface area contributed by atoms with Crippen molar-refractivity contribution < 1.29 is 4.79 Å². The Hall–Kier alpha value is -2.09. The van der Waals surface area contributed by atoms with Crippen molar-refractivity contribution in [3.05, 3.63) is 60.2 Å². The van der Waals surface area contributed by atoms with E-state index < -0.39 is 0 Å². The van der Waals surface area contributed by atoms with Crippen molar-refractivity contribution in [3.8, 4) is 11.1 Å². The van der Waals surface area contributed by atoms with E-state index in [9.17, 15) is 4.79 Å². The van der Waals surface area contributed by atoms with Crippen molar-refractivity contribution in [1.82, 2.24) is 4.90 Å². The fraction of sp³-hybridized carbons (Fsp3) is 0.350. The molecule has 1 aliphatic rings. The first-order chi connectivity index (χ1) is 10.8. The number of carbonyl (C=O) groups is 1. The van der Waals surface area contributed by atoms with E-state index in [0.29, 0.717) is 0 Å². The summed E-state index contributed by atoms with van der Waals surface area (Å²) in [4.78, 5) is 14.7. The predicted molar refractivity (Wildman–Crippen MR) is 90.8 cm³/mol. The molecule has 2 aromatic rings. The minimum atomic E-state index is 0.174. The van der Waals surface area contributed by atoms with E-state index in [2.05, 4.69) is 19.1 Å². The highest BCUT2D eigenvalue weighted by molar-refractivity contribution is 5.94. The minimum absolute atomic E-state index is 0.174. The quantitative estimate of drug-likeness (QED) is 0.761. The van der Waals surface area contributed by atoms with Gasteiger partial charge in [-0.25, -0.2) is 0 Å². The standard InChI is InChI=1S/C20H23NO/c1-2-14-21(15-16-8-9-16)20(22)19-12-10-18(11-13-19)17-6-4-3-5-7-17/h3-7,10-13,16H,2,8-9,14-15H2,1H3. The van der Waals surface area contributed by atoms with E-state index in [1.165, 1.54) is 18.4 Å². The predicted octanol–water partition coefficient (Wildman–Crippen LogP) is 4.62. The summed E-state index contributed by atoms with van der Waals surface area (Å²) < 4.78 is 0. The van der Waals surface area contributed by atoms with E-state index in [-0.39, 0.29) is 5.91 Å². The van der Waals surface area contributed by atoms with Crippen LogP contribution in [0, 0.1) is 5.92 Å². The van der Waals surface area contributed by atoms with Gasteiger partial charge in [0.2, 0.25) is 0 Å². The van der Waals surface area contributed by atoms with Crippen LogP contribution in [0.4, 0.5) is 0 Å². The highest BCUT2D eigenvalue weighted by Crippen LogP contribution is 2.30. The second-order valence-electron chi connectivity index (χ2n) is 6.14. The first kappa shape index (κ1) is 14.8. The van der Waals surface area contributed by atoms with Crippen LogP contribution < -0.4 is 0 Å². The van der Waals surface area contributed by atoms with Gasteiger partial charge in [0.1, 0.15) is 0 Å². The van der Waals surface area contributed by atoms with Crippen LogP contribution in [-0.2, 0) is 0 Å². The van der Waals surface area contributed by atoms with Gasteiger partial charge in [0.25, 0.3) is 5.91 Å². The van der Waals surface area contributed by atoms with Gasteiger partial charge in [0.05, 0.1) is 0 Å². The SMILES string of the molecule is CCCN(CC1CC1)C(=O)c1ccc(-c2ccccc2)cc1. The molecule has 0 aromatic heterocycles. The first-order valence-electron chi connectivity index (χ1n) is 8.22. The Labute approximate surface area is 132 Å². The summed E-state index contributed by atoms with van der Waals surface area (Å²) in [5.74, 6) is 0.910. The monoisotopic (exact) mass is 293 g/mol. The lowest BCUT2D eigenvalue weighted by molar-refractivity contribution is 0.0748. The third-order valence-electron chi connectivity index (χ3n) is 4.20. The normalized spacial score (nSPS) is 13.9. The molecule has 114 valence electrons. The maximum absolute atomic E-state index is 12.7. The Balaban J connectivity index is 1.74. The molecule has 2 nitrogen and oxygen atoms in total. The lowest BCUT2D eigenvalue weighted by Crippen LogP contribution is -2.33. The van der Waals surface area contributed by atoms with Crippen molar-refractivity contribution in [2.45, 2.75) is 26.2 Å². The van der Waals surface area contributed by atoms with E-state index in [1.54, 1.807) is 0 Å². The highest BCUT2D eigenvalue weighted by atomic mass is 16.2. The molecule has 0 atom stereocenters. The van der Waals surface area contributed by atoms with Crippen LogP contribution in [0.5, 0.6) is 0 Å². The van der Waals surface area contributed by atoms with Gasteiger partial charge in [-0.1, -0.05) is 49.4 Å². The fourth-order valence-corrected chi connectivity index (χ4v) is 2.78. The van der Waals surface area contributed by atoms with Gasteiger partial charge >= 0.3 is 0 Å². The Bertz CT molecular complexity index is 614. The van der Waals surface area contributed by atoms with Crippen LogP contribution in [-0.4, -0.2) is 23.9 Å². The summed E-state index contributed by atoms with van der Waals surface area (Å²) in [6.07, 6.45) is 3.57. The molecule has 0 radical (unpaired) electrons. The molecule has 2 aromatic carbocycles. The largest absolute Gasteiger partial charge is 0.338 e. The van der Waals surface area contributed by atoms with Crippen LogP contribution in [0.15, 0.2) is 54.6 Å². The third-order valence-corrected chi connectivity index (χ3v) is 4.20. The van der Waals surface area contributed by atoms with Crippen LogP contribution >= 0.6 is 0 Å². The smallest absolute Gasteiger partial charge is 0.253 e. The molecule has 0 unspecified atom stereocenters. The Kier molecular flexibility index (Phi) is 4.57. The summed E-state index contributed by atoms with van der Waals surface area (Å²) in [7, 11) is 0. The molecule has 1 fully saturated rings. The molecule has 1 aliphatic carbocycles. The van der Waals surface area contributed by atoms with Crippen molar-refractivity contribution in [2.24, 2.45) is 5.92 Å². The first-order valence-corrected chi connectivity index (χ1v) is 8.22. The molecule has 22 heavy (non-hydrogen) atoms. The van der Waals surface area contributed by atoms with Crippen LogP contribution in [0.25, 0.3) is 11.1 Å². The van der Waals surface area contributed by atoms with Crippen molar-refractivity contribution in [2.75, 3.05) is 13.1 Å². The van der Waals surface area contributed by atoms with Crippen molar-refractivity contribution in [3.63, 3.8) is 0 Å². The molecule has 0 N–H and O–H groups in total. The molecular formula is C20H23NO. The van der Waals surface area contributed by atoms with E-state index in [4.69, 9.17) is 0 Å². The minimum Gasteiger partial charge on any atom is -0.338 e. The third kappa shape index (κ3) is 3.56. The molecule has 0 saturated heterocycles. The van der Waals surface area contributed by atoms with Gasteiger partial charge in [-0.15, -0.1) is 0 Å². The average Bonchev–Trinajstić information content (AvgIpc) is 3.39. The van der Waals surface area contributed by atoms with Gasteiger partial charge < -0.3 is 4.90 Å². The molecule has 0 aliphatic heterocycles. The lowest BCUT2D eigenvalue weighted by atomic mass is 10.0. The zero-order chi connectivity index (χ0) is 15.4. The van der Waals surface area contributed by atoms with Crippen LogP contribution in [0.1, 0.15) is 36.5 Å². The van der Waals surface area contributed by atoms with E-state index >= 15 is 0 Å². The fourth-order valence-electron chi connectivity index (χ4n) is 2.78. The molecule has 0 heterocycles. The Morgan fingerprint density at radius 1 is 1.00 bits per heavy atom. The summed E-state index contributed by atoms with van der Waals surface area (Å²) in [5.41, 5.74) is 3.14. The van der Waals surface area contributed by atoms with Crippen molar-refractivity contribution in [1.29, 1.82) is 0 Å². The molecule has 0 spiro atoms. The Morgan fingerprint density at radius 3 is 2.23 bits per heavy atom. The number of hydrogen-bond acceptors (Lipinski definition) is 1. The zero-order valence-electron chi connectivity index (χ0n) is 13.2. The topological polar surface area (TPSA) is 20.3 Å². The van der Waals surface area contributed by atoms with Crippen LogP contribution in [0.3, 0.4) is 0 Å². The number of nitrogens with zero attached hydrogens (tertiary/aromatic N) is 1. The number of amides is 1. The molecular weight excluding hydrogens is 270 g/mol. The van der Waals surface area contributed by atoms with Crippen LogP contribution in [0.2, 0.25) is 0 Å². The summed E-state index contributed by atoms with van der Waals surface area (Å²) in [6.45, 7) is 3.91. The Morgan fingerprint density at radius 2 is 1.64 bits per heavy atom. The van der Waals surface area contributed by atoms with E-state index in [1.807, 2.05) is 47.4 Å². The summed E-state index contributed by atoms with van der Waals surface area (Å²) >= 11 is 0. The zero-order valence-corrected chi connectivity index (χ0v) is 13.2. The average molecular weight is 293 g/mol. The summed E-state index contributed by atoms with van der Waals surface area (Å²) in [5, 5.41) is 0. The number of carbonyl (C=O) groups excluding carboxylic acids is 1. The summed E-state index contributed by atoms with van der Waals surface area (Å²) in [6, 6.07) is 18.3. The molecule has 3 rings (SSSR count). The van der Waals surface area contributed by atoms with Gasteiger partial charge in [-0.3, -0.25) is 4.79 Å². The number of hydrogen-bond donors (Lipinski definition) is 0. The van der Waals surface area contributed by atoms with Crippen molar-refractivity contribution >= 4 is 5.91 Å². The van der Waals surface area contributed by atoms with Gasteiger partial charge in [0, 0.05) is 18.7 Å². The molecule has 1 amide bonds. The second-order valence-corrected chi connectivity index (χ2v) is 6.14. The maximum atomic E-state index is 12.7. The van der Waals surface area contributed by atoms with Gasteiger partial charge in [-0.05, 0) is 48.4 Å². The second kappa shape index (κ2) is 6.78. The van der Waals surface area contributed by atoms with E-state index in [0.717, 1.165) is 36.6 Å². The number of benzene rings is 2. The maximum Gasteiger partial charge on any atom is 0.253 e. The lowest BCUT2D eigenvalue weighted by Gasteiger charge is -2.22. The molecule has 0 bridgehead atoms. The number of rotatable bonds is 6. The molecule has 2 heteroatoms. The highest BCUT2D eigenvalue weighted by Gasteiger charge is 2.26.